The highest BCUT2D eigenvalue weighted by Crippen LogP contribution is 2.28. The number of ether oxygens (including phenoxy) is 2. The number of hydrogen-bond donors (Lipinski definition) is 1. The van der Waals surface area contributed by atoms with Crippen LogP contribution in [0.25, 0.3) is 0 Å². The standard InChI is InChI=1S/C16H16O4/c1-19-12-8-9-14(20-2)13(10-12)16(18)15(17)11-6-4-3-5-7-11/h3-10,15,17H,1-2H3. The Balaban J connectivity index is 2.37. The van der Waals surface area contributed by atoms with Gasteiger partial charge >= 0.3 is 0 Å². The Bertz CT molecular complexity index is 593. The molecule has 4 heteroatoms. The molecule has 0 saturated heterocycles. The normalized spacial score (nSPS) is 11.8. The number of aliphatic hydroxyl groups is 1. The lowest BCUT2D eigenvalue weighted by Gasteiger charge is -2.13. The summed E-state index contributed by atoms with van der Waals surface area (Å²) in [5.41, 5.74) is 0.838. The lowest BCUT2D eigenvalue weighted by molar-refractivity contribution is 0.0744. The van der Waals surface area contributed by atoms with Gasteiger partial charge in [0.1, 0.15) is 17.6 Å². The molecule has 0 aliphatic carbocycles. The van der Waals surface area contributed by atoms with Crippen molar-refractivity contribution in [3.8, 4) is 11.5 Å². The molecule has 1 unspecified atom stereocenters. The maximum Gasteiger partial charge on any atom is 0.199 e. The monoisotopic (exact) mass is 272 g/mol. The van der Waals surface area contributed by atoms with Gasteiger partial charge in [-0.3, -0.25) is 4.79 Å². The highest BCUT2D eigenvalue weighted by Gasteiger charge is 2.22. The van der Waals surface area contributed by atoms with Crippen LogP contribution in [0.3, 0.4) is 0 Å². The van der Waals surface area contributed by atoms with Crippen LogP contribution in [0, 0.1) is 0 Å². The molecule has 0 bridgehead atoms. The second-order valence-electron chi connectivity index (χ2n) is 4.24. The van der Waals surface area contributed by atoms with Gasteiger partial charge < -0.3 is 14.6 Å². The predicted molar refractivity (Wildman–Crippen MR) is 75.3 cm³/mol. The molecule has 0 radical (unpaired) electrons. The van der Waals surface area contributed by atoms with Crippen molar-refractivity contribution in [1.82, 2.24) is 0 Å². The average molecular weight is 272 g/mol. The van der Waals surface area contributed by atoms with Crippen LogP contribution in [0.5, 0.6) is 11.5 Å². The maximum atomic E-state index is 12.4. The third-order valence-electron chi connectivity index (χ3n) is 3.04. The molecular weight excluding hydrogens is 256 g/mol. The van der Waals surface area contributed by atoms with E-state index in [1.54, 1.807) is 42.5 Å². The minimum atomic E-state index is -1.22. The molecule has 4 nitrogen and oxygen atoms in total. The van der Waals surface area contributed by atoms with Gasteiger partial charge in [0.2, 0.25) is 0 Å². The largest absolute Gasteiger partial charge is 0.497 e. The van der Waals surface area contributed by atoms with Gasteiger partial charge in [-0.25, -0.2) is 0 Å². The van der Waals surface area contributed by atoms with Crippen LogP contribution in [0.15, 0.2) is 48.5 Å². The summed E-state index contributed by atoms with van der Waals surface area (Å²) in [6.45, 7) is 0. The fourth-order valence-electron chi connectivity index (χ4n) is 1.94. The van der Waals surface area contributed by atoms with Crippen LogP contribution in [0.2, 0.25) is 0 Å². The number of carbonyl (C=O) groups is 1. The SMILES string of the molecule is COc1ccc(OC)c(C(=O)C(O)c2ccccc2)c1. The topological polar surface area (TPSA) is 55.8 Å². The van der Waals surface area contributed by atoms with Crippen LogP contribution in [0.1, 0.15) is 22.0 Å². The van der Waals surface area contributed by atoms with E-state index in [-0.39, 0.29) is 0 Å². The average Bonchev–Trinajstić information content (AvgIpc) is 2.53. The summed E-state index contributed by atoms with van der Waals surface area (Å²) in [5.74, 6) is 0.521. The van der Waals surface area contributed by atoms with Crippen LogP contribution in [-0.2, 0) is 0 Å². The van der Waals surface area contributed by atoms with Gasteiger partial charge in [-0.2, -0.15) is 0 Å². The second kappa shape index (κ2) is 6.21. The van der Waals surface area contributed by atoms with Gasteiger partial charge in [0.05, 0.1) is 19.8 Å². The van der Waals surface area contributed by atoms with E-state index in [2.05, 4.69) is 0 Å². The van der Waals surface area contributed by atoms with E-state index in [1.807, 2.05) is 6.07 Å². The molecule has 2 rings (SSSR count). The van der Waals surface area contributed by atoms with Gasteiger partial charge in [0.15, 0.2) is 5.78 Å². The fourth-order valence-corrected chi connectivity index (χ4v) is 1.94. The van der Waals surface area contributed by atoms with Crippen LogP contribution < -0.4 is 9.47 Å². The van der Waals surface area contributed by atoms with E-state index < -0.39 is 11.9 Å². The molecule has 2 aromatic carbocycles. The summed E-state index contributed by atoms with van der Waals surface area (Å²) in [4.78, 5) is 12.4. The molecule has 104 valence electrons. The van der Waals surface area contributed by atoms with Crippen molar-refractivity contribution >= 4 is 5.78 Å². The Hall–Kier alpha value is -2.33. The number of rotatable bonds is 5. The molecule has 2 aromatic rings. The predicted octanol–water partition coefficient (Wildman–Crippen LogP) is 2.62. The van der Waals surface area contributed by atoms with Crippen molar-refractivity contribution in [3.63, 3.8) is 0 Å². The lowest BCUT2D eigenvalue weighted by atomic mass is 9.99. The Morgan fingerprint density at radius 3 is 2.35 bits per heavy atom. The molecule has 0 saturated carbocycles. The first-order valence-corrected chi connectivity index (χ1v) is 6.16. The number of Topliss-reactive ketones (excluding diaryl/α,β-unsaturated/α-hetero) is 1. The number of ketones is 1. The van der Waals surface area contributed by atoms with Gasteiger partial charge in [0.25, 0.3) is 0 Å². The molecule has 0 fully saturated rings. The molecule has 0 spiro atoms. The summed E-state index contributed by atoms with van der Waals surface area (Å²) in [7, 11) is 3.00. The Kier molecular flexibility index (Phi) is 4.38. The lowest BCUT2D eigenvalue weighted by Crippen LogP contribution is -2.13. The summed E-state index contributed by atoms with van der Waals surface area (Å²) in [6.07, 6.45) is -1.22. The van der Waals surface area contributed by atoms with Gasteiger partial charge in [0, 0.05) is 0 Å². The first-order chi connectivity index (χ1) is 9.67. The molecule has 1 atom stereocenters. The Labute approximate surface area is 117 Å². The van der Waals surface area contributed by atoms with E-state index in [0.717, 1.165) is 0 Å². The zero-order valence-corrected chi connectivity index (χ0v) is 11.4. The quantitative estimate of drug-likeness (QED) is 0.850. The highest BCUT2D eigenvalue weighted by molar-refractivity contribution is 6.02. The second-order valence-corrected chi connectivity index (χ2v) is 4.24. The van der Waals surface area contributed by atoms with Crippen molar-refractivity contribution in [3.05, 3.63) is 59.7 Å². The molecule has 0 amide bonds. The Morgan fingerprint density at radius 2 is 1.75 bits per heavy atom. The zero-order valence-electron chi connectivity index (χ0n) is 11.4. The summed E-state index contributed by atoms with van der Waals surface area (Å²) in [6, 6.07) is 13.7. The molecule has 0 aliphatic heterocycles. The minimum Gasteiger partial charge on any atom is -0.497 e. The number of methoxy groups -OCH3 is 2. The van der Waals surface area contributed by atoms with E-state index in [0.29, 0.717) is 22.6 Å². The van der Waals surface area contributed by atoms with Gasteiger partial charge in [-0.05, 0) is 23.8 Å². The maximum absolute atomic E-state index is 12.4. The first kappa shape index (κ1) is 14.1. The summed E-state index contributed by atoms with van der Waals surface area (Å²) in [5, 5.41) is 10.2. The number of carbonyl (C=O) groups excluding carboxylic acids is 1. The van der Waals surface area contributed by atoms with Crippen molar-refractivity contribution in [2.75, 3.05) is 14.2 Å². The smallest absolute Gasteiger partial charge is 0.199 e. The van der Waals surface area contributed by atoms with E-state index >= 15 is 0 Å². The first-order valence-electron chi connectivity index (χ1n) is 6.16. The van der Waals surface area contributed by atoms with Crippen molar-refractivity contribution in [1.29, 1.82) is 0 Å². The van der Waals surface area contributed by atoms with Crippen molar-refractivity contribution in [2.24, 2.45) is 0 Å². The Morgan fingerprint density at radius 1 is 1.05 bits per heavy atom. The van der Waals surface area contributed by atoms with E-state index in [9.17, 15) is 9.90 Å². The van der Waals surface area contributed by atoms with Crippen LogP contribution in [0.4, 0.5) is 0 Å². The molecule has 0 aromatic heterocycles. The third-order valence-corrected chi connectivity index (χ3v) is 3.04. The highest BCUT2D eigenvalue weighted by atomic mass is 16.5. The molecule has 1 N–H and O–H groups in total. The van der Waals surface area contributed by atoms with Crippen LogP contribution >= 0.6 is 0 Å². The van der Waals surface area contributed by atoms with Gasteiger partial charge in [-0.15, -0.1) is 0 Å². The number of benzene rings is 2. The third kappa shape index (κ3) is 2.81. The summed E-state index contributed by atoms with van der Waals surface area (Å²) < 4.78 is 10.3. The fraction of sp³-hybridized carbons (Fsp3) is 0.188. The van der Waals surface area contributed by atoms with E-state index in [4.69, 9.17) is 9.47 Å². The molecule has 20 heavy (non-hydrogen) atoms. The summed E-state index contributed by atoms with van der Waals surface area (Å²) >= 11 is 0. The molecule has 0 aliphatic rings. The molecule has 0 heterocycles. The molecular formula is C16H16O4. The number of hydrogen-bond acceptors (Lipinski definition) is 4. The van der Waals surface area contributed by atoms with Crippen LogP contribution in [-0.4, -0.2) is 25.1 Å². The minimum absolute atomic E-state index is 0.295. The van der Waals surface area contributed by atoms with E-state index in [1.165, 1.54) is 14.2 Å². The van der Waals surface area contributed by atoms with Crippen molar-refractivity contribution in [2.45, 2.75) is 6.10 Å². The van der Waals surface area contributed by atoms with Gasteiger partial charge in [-0.1, -0.05) is 30.3 Å². The number of aliphatic hydroxyl groups excluding tert-OH is 1. The zero-order chi connectivity index (χ0) is 14.5. The van der Waals surface area contributed by atoms with Crippen molar-refractivity contribution < 1.29 is 19.4 Å².